The van der Waals surface area contributed by atoms with E-state index < -0.39 is 0 Å². The topological polar surface area (TPSA) is 20.2 Å². The molecule has 0 fully saturated rings. The quantitative estimate of drug-likeness (QED) is 0.787. The van der Waals surface area contributed by atoms with Crippen LogP contribution in [-0.4, -0.2) is 5.11 Å². The molecule has 0 amide bonds. The Bertz CT molecular complexity index is 584. The summed E-state index contributed by atoms with van der Waals surface area (Å²) >= 11 is 0. The van der Waals surface area contributed by atoms with Crippen LogP contribution in [0.3, 0.4) is 0 Å². The number of aromatic hydroxyl groups is 1. The highest BCUT2D eigenvalue weighted by molar-refractivity contribution is 5.48. The molecule has 1 nitrogen and oxygen atoms in total. The van der Waals surface area contributed by atoms with E-state index in [9.17, 15) is 5.11 Å². The zero-order chi connectivity index (χ0) is 13.9. The van der Waals surface area contributed by atoms with Crippen molar-refractivity contribution in [1.29, 1.82) is 0 Å². The monoisotopic (exact) mass is 252 g/mol. The van der Waals surface area contributed by atoms with Crippen molar-refractivity contribution in [3.8, 4) is 5.75 Å². The molecule has 0 aromatic heterocycles. The van der Waals surface area contributed by atoms with Crippen molar-refractivity contribution in [3.63, 3.8) is 0 Å². The number of phenolic OH excluding ortho intramolecular Hbond substituents is 1. The molecule has 0 saturated carbocycles. The number of benzene rings is 2. The van der Waals surface area contributed by atoms with Crippen LogP contribution in [0.5, 0.6) is 5.75 Å². The van der Waals surface area contributed by atoms with Gasteiger partial charge < -0.3 is 5.11 Å². The van der Waals surface area contributed by atoms with E-state index in [1.807, 2.05) is 18.2 Å². The lowest BCUT2D eigenvalue weighted by Gasteiger charge is -2.32. The van der Waals surface area contributed by atoms with Crippen molar-refractivity contribution in [2.45, 2.75) is 26.2 Å². The van der Waals surface area contributed by atoms with Crippen molar-refractivity contribution in [2.24, 2.45) is 0 Å². The second-order valence-electron chi connectivity index (χ2n) is 5.01. The summed E-state index contributed by atoms with van der Waals surface area (Å²) in [5, 5.41) is 9.76. The molecule has 2 aromatic carbocycles. The molecule has 2 rings (SSSR count). The first kappa shape index (κ1) is 13.4. The summed E-state index contributed by atoms with van der Waals surface area (Å²) < 4.78 is 0. The lowest BCUT2D eigenvalue weighted by Crippen LogP contribution is -2.25. The maximum Gasteiger partial charge on any atom is 0.115 e. The Hall–Kier alpha value is -2.02. The second-order valence-corrected chi connectivity index (χ2v) is 5.01. The van der Waals surface area contributed by atoms with Crippen molar-refractivity contribution in [1.82, 2.24) is 0 Å². The molecule has 2 aromatic rings. The molecule has 1 N–H and O–H groups in total. The Morgan fingerprint density at radius 2 is 1.63 bits per heavy atom. The molecule has 98 valence electrons. The van der Waals surface area contributed by atoms with Crippen LogP contribution in [0.25, 0.3) is 0 Å². The largest absolute Gasteiger partial charge is 0.508 e. The van der Waals surface area contributed by atoms with Crippen LogP contribution >= 0.6 is 0 Å². The molecule has 0 radical (unpaired) electrons. The summed E-state index contributed by atoms with van der Waals surface area (Å²) in [7, 11) is 0. The fourth-order valence-corrected chi connectivity index (χ4v) is 2.50. The molecule has 0 aliphatic rings. The number of hydrogen-bond acceptors (Lipinski definition) is 1. The number of hydrogen-bond donors (Lipinski definition) is 1. The molecule has 1 atom stereocenters. The zero-order valence-electron chi connectivity index (χ0n) is 11.7. The van der Waals surface area contributed by atoms with E-state index in [-0.39, 0.29) is 5.41 Å². The van der Waals surface area contributed by atoms with E-state index >= 15 is 0 Å². The molecule has 0 bridgehead atoms. The minimum Gasteiger partial charge on any atom is -0.508 e. The van der Waals surface area contributed by atoms with Gasteiger partial charge in [0.25, 0.3) is 0 Å². The Kier molecular flexibility index (Phi) is 3.75. The van der Waals surface area contributed by atoms with Crippen LogP contribution < -0.4 is 0 Å². The summed E-state index contributed by atoms with van der Waals surface area (Å²) in [5.74, 6) is 0.309. The smallest absolute Gasteiger partial charge is 0.115 e. The number of rotatable bonds is 3. The molecule has 0 heterocycles. The van der Waals surface area contributed by atoms with E-state index in [1.165, 1.54) is 11.1 Å². The Morgan fingerprint density at radius 3 is 2.21 bits per heavy atom. The summed E-state index contributed by atoms with van der Waals surface area (Å²) in [5.41, 5.74) is 3.39. The Labute approximate surface area is 115 Å². The van der Waals surface area contributed by atoms with Gasteiger partial charge in [-0.2, -0.15) is 0 Å². The molecular formula is C18H20O. The second kappa shape index (κ2) is 5.31. The molecule has 1 heteroatoms. The van der Waals surface area contributed by atoms with Gasteiger partial charge in [-0.15, -0.1) is 0 Å². The van der Waals surface area contributed by atoms with Gasteiger partial charge in [0.15, 0.2) is 0 Å². The predicted octanol–water partition coefficient (Wildman–Crippen LogP) is 4.66. The van der Waals surface area contributed by atoms with E-state index in [0.29, 0.717) is 5.75 Å². The van der Waals surface area contributed by atoms with Gasteiger partial charge >= 0.3 is 0 Å². The van der Waals surface area contributed by atoms with Gasteiger partial charge in [0, 0.05) is 5.41 Å². The molecule has 19 heavy (non-hydrogen) atoms. The first-order valence-corrected chi connectivity index (χ1v) is 6.57. The summed E-state index contributed by atoms with van der Waals surface area (Å²) in [6.07, 6.45) is 2.14. The minimum absolute atomic E-state index is 0.214. The Balaban J connectivity index is 2.66. The van der Waals surface area contributed by atoms with E-state index in [1.54, 1.807) is 6.07 Å². The summed E-state index contributed by atoms with van der Waals surface area (Å²) in [6, 6.07) is 17.9. The molecule has 1 unspecified atom stereocenters. The molecule has 0 aliphatic heterocycles. The molecule has 0 saturated heterocycles. The lowest BCUT2D eigenvalue weighted by molar-refractivity contribution is 0.473. The van der Waals surface area contributed by atoms with Crippen molar-refractivity contribution < 1.29 is 5.11 Å². The Morgan fingerprint density at radius 1 is 1.00 bits per heavy atom. The van der Waals surface area contributed by atoms with E-state index in [0.717, 1.165) is 5.56 Å². The van der Waals surface area contributed by atoms with Gasteiger partial charge in [0.2, 0.25) is 0 Å². The van der Waals surface area contributed by atoms with Gasteiger partial charge in [-0.05, 0) is 44.0 Å². The van der Waals surface area contributed by atoms with Crippen LogP contribution in [0.2, 0.25) is 0 Å². The third-order valence-electron chi connectivity index (χ3n) is 4.00. The van der Waals surface area contributed by atoms with Gasteiger partial charge in [-0.25, -0.2) is 0 Å². The van der Waals surface area contributed by atoms with Crippen LogP contribution in [0.4, 0.5) is 0 Å². The third-order valence-corrected chi connectivity index (χ3v) is 4.00. The lowest BCUT2D eigenvalue weighted by atomic mass is 9.71. The number of phenols is 1. The van der Waals surface area contributed by atoms with Gasteiger partial charge in [-0.1, -0.05) is 54.1 Å². The summed E-state index contributed by atoms with van der Waals surface area (Å²) in [4.78, 5) is 0. The first-order chi connectivity index (χ1) is 9.09. The van der Waals surface area contributed by atoms with Crippen molar-refractivity contribution in [2.75, 3.05) is 0 Å². The zero-order valence-corrected chi connectivity index (χ0v) is 11.7. The predicted molar refractivity (Wildman–Crippen MR) is 80.4 cm³/mol. The van der Waals surface area contributed by atoms with Crippen molar-refractivity contribution in [3.05, 3.63) is 77.4 Å². The standard InChI is InChI=1S/C18H20O/c1-4-14(2)18(3,15-9-6-5-7-10-15)16-11-8-12-17(19)13-16/h4-13,19H,1-3H3/b14-4+. The van der Waals surface area contributed by atoms with Gasteiger partial charge in [0.1, 0.15) is 5.75 Å². The van der Waals surface area contributed by atoms with Crippen LogP contribution in [0.15, 0.2) is 66.2 Å². The fourth-order valence-electron chi connectivity index (χ4n) is 2.50. The number of allylic oxidation sites excluding steroid dienone is 2. The van der Waals surface area contributed by atoms with Crippen LogP contribution in [0.1, 0.15) is 31.9 Å². The van der Waals surface area contributed by atoms with E-state index in [4.69, 9.17) is 0 Å². The highest BCUT2D eigenvalue weighted by Gasteiger charge is 2.30. The van der Waals surface area contributed by atoms with Crippen molar-refractivity contribution >= 4 is 0 Å². The average Bonchev–Trinajstić information content (AvgIpc) is 2.46. The average molecular weight is 252 g/mol. The molecule has 0 aliphatic carbocycles. The van der Waals surface area contributed by atoms with Gasteiger partial charge in [-0.3, -0.25) is 0 Å². The normalized spacial score (nSPS) is 15.0. The maximum atomic E-state index is 9.76. The fraction of sp³-hybridized carbons (Fsp3) is 0.222. The summed E-state index contributed by atoms with van der Waals surface area (Å²) in [6.45, 7) is 6.39. The van der Waals surface area contributed by atoms with Crippen LogP contribution in [0, 0.1) is 0 Å². The SMILES string of the molecule is C/C=C(\C)C(C)(c1ccccc1)c1cccc(O)c1. The first-order valence-electron chi connectivity index (χ1n) is 6.57. The molecule has 0 spiro atoms. The highest BCUT2D eigenvalue weighted by atomic mass is 16.3. The molecular weight excluding hydrogens is 232 g/mol. The van der Waals surface area contributed by atoms with Crippen LogP contribution in [-0.2, 0) is 5.41 Å². The highest BCUT2D eigenvalue weighted by Crippen LogP contribution is 2.39. The third kappa shape index (κ3) is 2.41. The maximum absolute atomic E-state index is 9.76. The van der Waals surface area contributed by atoms with Gasteiger partial charge in [0.05, 0.1) is 0 Å². The minimum atomic E-state index is -0.214. The van der Waals surface area contributed by atoms with E-state index in [2.05, 4.69) is 57.2 Å².